The summed E-state index contributed by atoms with van der Waals surface area (Å²) in [5, 5.41) is 12.5. The highest BCUT2D eigenvalue weighted by Crippen LogP contribution is 2.29. The lowest BCUT2D eigenvalue weighted by molar-refractivity contribution is 0.0694. The third-order valence-corrected chi connectivity index (χ3v) is 5.20. The Kier molecular flexibility index (Phi) is 6.31. The number of hydrogen-bond acceptors (Lipinski definition) is 4. The number of carbonyl (C=O) groups is 2. The van der Waals surface area contributed by atoms with Gasteiger partial charge in [0.05, 0.1) is 0 Å². The second-order valence-electron chi connectivity index (χ2n) is 5.87. The lowest BCUT2D eigenvalue weighted by atomic mass is 10.2. The molecule has 0 aliphatic rings. The molecule has 0 aliphatic heterocycles. The molecular weight excluding hydrogens is 338 g/mol. The number of furan rings is 1. The first-order chi connectivity index (χ1) is 11.8. The minimum atomic E-state index is -1.10. The van der Waals surface area contributed by atoms with Gasteiger partial charge < -0.3 is 14.8 Å². The van der Waals surface area contributed by atoms with Crippen molar-refractivity contribution in [2.45, 2.75) is 50.7 Å². The van der Waals surface area contributed by atoms with Crippen LogP contribution >= 0.6 is 11.8 Å². The van der Waals surface area contributed by atoms with Gasteiger partial charge in [0.15, 0.2) is 5.76 Å². The maximum Gasteiger partial charge on any atom is 0.339 e. The molecule has 0 spiro atoms. The molecule has 1 aromatic carbocycles. The molecule has 6 heteroatoms. The van der Waals surface area contributed by atoms with Crippen LogP contribution < -0.4 is 5.32 Å². The zero-order chi connectivity index (χ0) is 18.6. The highest BCUT2D eigenvalue weighted by Gasteiger charge is 2.20. The molecule has 1 atom stereocenters. The first kappa shape index (κ1) is 19.1. The molecule has 0 saturated heterocycles. The van der Waals surface area contributed by atoms with Crippen LogP contribution in [0.5, 0.6) is 0 Å². The lowest BCUT2D eigenvalue weighted by Gasteiger charge is -2.12. The molecule has 1 unspecified atom stereocenters. The molecule has 0 radical (unpaired) electrons. The van der Waals surface area contributed by atoms with Crippen molar-refractivity contribution in [3.05, 3.63) is 46.9 Å². The number of nitrogens with one attached hydrogen (secondary N) is 1. The van der Waals surface area contributed by atoms with E-state index in [0.29, 0.717) is 23.1 Å². The summed E-state index contributed by atoms with van der Waals surface area (Å²) in [4.78, 5) is 24.7. The van der Waals surface area contributed by atoms with E-state index < -0.39 is 11.9 Å². The predicted octanol–water partition coefficient (Wildman–Crippen LogP) is 4.99. The van der Waals surface area contributed by atoms with E-state index in [1.807, 2.05) is 25.1 Å². The van der Waals surface area contributed by atoms with Gasteiger partial charge in [-0.3, -0.25) is 4.79 Å². The van der Waals surface area contributed by atoms with Gasteiger partial charge >= 0.3 is 5.97 Å². The maximum absolute atomic E-state index is 12.4. The first-order valence-electron chi connectivity index (χ1n) is 8.30. The molecule has 1 amide bonds. The van der Waals surface area contributed by atoms with Crippen molar-refractivity contribution in [2.24, 2.45) is 0 Å². The average molecular weight is 361 g/mol. The average Bonchev–Trinajstić information content (AvgIpc) is 3.02. The Morgan fingerprint density at radius 1 is 1.28 bits per heavy atom. The highest BCUT2D eigenvalue weighted by atomic mass is 32.2. The number of carbonyl (C=O) groups excluding carboxylic acids is 1. The summed E-state index contributed by atoms with van der Waals surface area (Å²) in [6.07, 6.45) is 1.50. The van der Waals surface area contributed by atoms with Crippen LogP contribution in [0.2, 0.25) is 0 Å². The molecule has 0 aliphatic carbocycles. The molecule has 0 saturated carbocycles. The molecule has 0 fully saturated rings. The van der Waals surface area contributed by atoms with Crippen molar-refractivity contribution in [3.8, 4) is 0 Å². The zero-order valence-electron chi connectivity index (χ0n) is 14.9. The Hall–Kier alpha value is -2.21. The summed E-state index contributed by atoms with van der Waals surface area (Å²) in [7, 11) is 0. The van der Waals surface area contributed by atoms with Gasteiger partial charge in [0, 0.05) is 28.3 Å². The number of carboxylic acids is 1. The van der Waals surface area contributed by atoms with E-state index in [-0.39, 0.29) is 11.3 Å². The Morgan fingerprint density at radius 2 is 2.00 bits per heavy atom. The third-order valence-electron chi connectivity index (χ3n) is 3.94. The fourth-order valence-corrected chi connectivity index (χ4v) is 3.36. The van der Waals surface area contributed by atoms with Crippen LogP contribution in [-0.4, -0.2) is 22.2 Å². The van der Waals surface area contributed by atoms with Gasteiger partial charge in [0.2, 0.25) is 0 Å². The molecule has 134 valence electrons. The van der Waals surface area contributed by atoms with E-state index in [4.69, 9.17) is 9.52 Å². The molecule has 1 heterocycles. The van der Waals surface area contributed by atoms with Crippen molar-refractivity contribution in [1.82, 2.24) is 0 Å². The molecule has 2 N–H and O–H groups in total. The molecular formula is C19H23NO4S. The Balaban J connectivity index is 2.16. The van der Waals surface area contributed by atoms with Gasteiger partial charge in [-0.2, -0.15) is 0 Å². The van der Waals surface area contributed by atoms with Crippen LogP contribution in [0.1, 0.15) is 59.4 Å². The topological polar surface area (TPSA) is 79.5 Å². The summed E-state index contributed by atoms with van der Waals surface area (Å²) in [5.74, 6) is -1.24. The summed E-state index contributed by atoms with van der Waals surface area (Å²) in [6, 6.07) is 7.15. The minimum absolute atomic E-state index is 0.00621. The Morgan fingerprint density at radius 3 is 2.52 bits per heavy atom. The van der Waals surface area contributed by atoms with Crippen LogP contribution in [0, 0.1) is 6.92 Å². The molecule has 1 aromatic heterocycles. The van der Waals surface area contributed by atoms with Gasteiger partial charge in [-0.1, -0.05) is 20.8 Å². The quantitative estimate of drug-likeness (QED) is 0.679. The van der Waals surface area contributed by atoms with E-state index in [2.05, 4.69) is 19.2 Å². The summed E-state index contributed by atoms with van der Waals surface area (Å²) >= 11 is 1.80. The van der Waals surface area contributed by atoms with Crippen LogP contribution in [0.25, 0.3) is 0 Å². The van der Waals surface area contributed by atoms with E-state index in [1.165, 1.54) is 6.07 Å². The number of aryl methyl sites for hydroxylation is 2. The monoisotopic (exact) mass is 361 g/mol. The molecule has 0 bridgehead atoms. The van der Waals surface area contributed by atoms with Crippen molar-refractivity contribution >= 4 is 29.3 Å². The van der Waals surface area contributed by atoms with Gasteiger partial charge in [-0.15, -0.1) is 11.8 Å². The number of carboxylic acid groups (broad SMARTS) is 1. The summed E-state index contributed by atoms with van der Waals surface area (Å²) in [5.41, 5.74) is 1.66. The van der Waals surface area contributed by atoms with E-state index in [0.717, 1.165) is 16.9 Å². The van der Waals surface area contributed by atoms with Gasteiger partial charge in [0.1, 0.15) is 11.3 Å². The summed E-state index contributed by atoms with van der Waals surface area (Å²) in [6.45, 7) is 8.04. The van der Waals surface area contributed by atoms with Crippen molar-refractivity contribution in [1.29, 1.82) is 0 Å². The van der Waals surface area contributed by atoms with Crippen LogP contribution in [0.4, 0.5) is 5.69 Å². The van der Waals surface area contributed by atoms with Gasteiger partial charge in [0.25, 0.3) is 5.91 Å². The SMILES string of the molecule is CCc1oc(C(=O)Nc2ccc(SC(C)CC)cc2C)cc1C(=O)O. The fraction of sp³-hybridized carbons (Fsp3) is 0.368. The molecule has 2 rings (SSSR count). The summed E-state index contributed by atoms with van der Waals surface area (Å²) < 4.78 is 5.39. The van der Waals surface area contributed by atoms with Crippen molar-refractivity contribution < 1.29 is 19.1 Å². The van der Waals surface area contributed by atoms with E-state index in [9.17, 15) is 9.59 Å². The fourth-order valence-electron chi connectivity index (χ4n) is 2.33. The first-order valence-corrected chi connectivity index (χ1v) is 9.18. The highest BCUT2D eigenvalue weighted by molar-refractivity contribution is 7.99. The minimum Gasteiger partial charge on any atom is -0.478 e. The normalized spacial score (nSPS) is 12.0. The number of benzene rings is 1. The Labute approximate surface area is 151 Å². The largest absolute Gasteiger partial charge is 0.478 e. The Bertz CT molecular complexity index is 782. The number of rotatable bonds is 7. The van der Waals surface area contributed by atoms with Gasteiger partial charge in [-0.25, -0.2) is 4.79 Å². The second-order valence-corrected chi connectivity index (χ2v) is 7.39. The smallest absolute Gasteiger partial charge is 0.339 e. The van der Waals surface area contributed by atoms with Crippen LogP contribution in [-0.2, 0) is 6.42 Å². The standard InChI is InChI=1S/C19H23NO4S/c1-5-12(4)25-13-7-8-15(11(3)9-13)20-18(21)17-10-14(19(22)23)16(6-2)24-17/h7-10,12H,5-6H2,1-4H3,(H,20,21)(H,22,23). The molecule has 25 heavy (non-hydrogen) atoms. The number of hydrogen-bond donors (Lipinski definition) is 2. The third kappa shape index (κ3) is 4.66. The number of aromatic carboxylic acids is 1. The number of thioether (sulfide) groups is 1. The predicted molar refractivity (Wildman–Crippen MR) is 99.8 cm³/mol. The number of amides is 1. The van der Waals surface area contributed by atoms with Crippen molar-refractivity contribution in [3.63, 3.8) is 0 Å². The van der Waals surface area contributed by atoms with Crippen LogP contribution in [0.15, 0.2) is 33.6 Å². The lowest BCUT2D eigenvalue weighted by Crippen LogP contribution is -2.12. The second kappa shape index (κ2) is 8.25. The van der Waals surface area contributed by atoms with Crippen LogP contribution in [0.3, 0.4) is 0 Å². The maximum atomic E-state index is 12.4. The van der Waals surface area contributed by atoms with E-state index >= 15 is 0 Å². The molecule has 2 aromatic rings. The van der Waals surface area contributed by atoms with Crippen molar-refractivity contribution in [2.75, 3.05) is 5.32 Å². The molecule has 5 nitrogen and oxygen atoms in total. The number of anilines is 1. The van der Waals surface area contributed by atoms with E-state index in [1.54, 1.807) is 18.7 Å². The zero-order valence-corrected chi connectivity index (χ0v) is 15.7. The van der Waals surface area contributed by atoms with Gasteiger partial charge in [-0.05, 0) is 37.1 Å².